The second kappa shape index (κ2) is 5.58. The summed E-state index contributed by atoms with van der Waals surface area (Å²) in [6.45, 7) is 3.32. The van der Waals surface area contributed by atoms with Crippen LogP contribution in [0.3, 0.4) is 0 Å². The molecule has 1 aromatic rings. The van der Waals surface area contributed by atoms with E-state index in [4.69, 9.17) is 0 Å². The number of esters is 1. The van der Waals surface area contributed by atoms with Crippen LogP contribution in [-0.4, -0.2) is 23.9 Å². The molecule has 0 heterocycles. The van der Waals surface area contributed by atoms with Crippen LogP contribution in [0.5, 0.6) is 0 Å². The van der Waals surface area contributed by atoms with Gasteiger partial charge >= 0.3 is 5.97 Å². The van der Waals surface area contributed by atoms with Crippen molar-refractivity contribution in [1.29, 1.82) is 0 Å². The monoisotopic (exact) mass is 250 g/mol. The molecule has 0 spiro atoms. The second-order valence-corrected chi connectivity index (χ2v) is 3.23. The lowest BCUT2D eigenvalue weighted by Gasteiger charge is -2.05. The van der Waals surface area contributed by atoms with E-state index in [1.807, 2.05) is 0 Å². The molecule has 7 heteroatoms. The van der Waals surface area contributed by atoms with Crippen molar-refractivity contribution in [3.8, 4) is 0 Å². The van der Waals surface area contributed by atoms with Crippen molar-refractivity contribution in [2.24, 2.45) is 0 Å². The minimum atomic E-state index is -0.759. The third kappa shape index (κ3) is 3.14. The van der Waals surface area contributed by atoms with Gasteiger partial charge in [-0.1, -0.05) is 6.58 Å². The Labute approximate surface area is 102 Å². The van der Waals surface area contributed by atoms with Gasteiger partial charge in [-0.2, -0.15) is 0 Å². The summed E-state index contributed by atoms with van der Waals surface area (Å²) in [7, 11) is 1.16. The molecule has 0 aromatic heterocycles. The van der Waals surface area contributed by atoms with Crippen LogP contribution in [0.25, 0.3) is 0 Å². The number of nitrogens with zero attached hydrogens (tertiary/aromatic N) is 1. The number of nitro benzene ring substituents is 1. The average Bonchev–Trinajstić information content (AvgIpc) is 2.37. The van der Waals surface area contributed by atoms with Crippen molar-refractivity contribution in [2.45, 2.75) is 0 Å². The Balaban J connectivity index is 2.76. The van der Waals surface area contributed by atoms with Crippen LogP contribution in [-0.2, 0) is 9.53 Å². The summed E-state index contributed by atoms with van der Waals surface area (Å²) in [5.41, 5.74) is -0.162. The Hall–Kier alpha value is -2.70. The maximum Gasteiger partial charge on any atom is 0.353 e. The van der Waals surface area contributed by atoms with E-state index in [1.54, 1.807) is 0 Å². The number of methoxy groups -OCH3 is 1. The fraction of sp³-hybridized carbons (Fsp3) is 0.0909. The first-order valence-electron chi connectivity index (χ1n) is 4.78. The minimum Gasteiger partial charge on any atom is -0.464 e. The molecule has 0 bridgehead atoms. The van der Waals surface area contributed by atoms with Gasteiger partial charge in [-0.3, -0.25) is 14.9 Å². The molecule has 7 nitrogen and oxygen atoms in total. The number of non-ortho nitro benzene ring substituents is 1. The van der Waals surface area contributed by atoms with Crippen LogP contribution in [0.1, 0.15) is 10.4 Å². The van der Waals surface area contributed by atoms with Crippen molar-refractivity contribution >= 4 is 17.6 Å². The normalized spacial score (nSPS) is 9.39. The number of nitrogens with one attached hydrogen (secondary N) is 1. The van der Waals surface area contributed by atoms with Crippen LogP contribution < -0.4 is 5.32 Å². The number of carbonyl (C=O) groups is 2. The molecule has 0 aliphatic heterocycles. The molecule has 1 aromatic carbocycles. The van der Waals surface area contributed by atoms with E-state index in [1.165, 1.54) is 24.3 Å². The van der Waals surface area contributed by atoms with Gasteiger partial charge in [0.25, 0.3) is 11.6 Å². The fourth-order valence-electron chi connectivity index (χ4n) is 1.12. The molecule has 0 fully saturated rings. The number of hydrogen-bond donors (Lipinski definition) is 1. The van der Waals surface area contributed by atoms with E-state index in [9.17, 15) is 19.7 Å². The summed E-state index contributed by atoms with van der Waals surface area (Å²) in [6, 6.07) is 4.93. The van der Waals surface area contributed by atoms with Gasteiger partial charge < -0.3 is 10.1 Å². The number of amides is 1. The third-order valence-electron chi connectivity index (χ3n) is 2.04. The highest BCUT2D eigenvalue weighted by Crippen LogP contribution is 2.12. The van der Waals surface area contributed by atoms with Crippen molar-refractivity contribution in [3.63, 3.8) is 0 Å². The number of hydrogen-bond acceptors (Lipinski definition) is 5. The standard InChI is InChI=1S/C11H10N2O5/c1-7(11(15)18-2)12-10(14)8-3-5-9(6-4-8)13(16)17/h3-6H,1H2,2H3,(H,12,14). The Morgan fingerprint density at radius 1 is 1.33 bits per heavy atom. The highest BCUT2D eigenvalue weighted by molar-refractivity contribution is 6.00. The lowest BCUT2D eigenvalue weighted by molar-refractivity contribution is -0.384. The number of ether oxygens (including phenoxy) is 1. The van der Waals surface area contributed by atoms with E-state index >= 15 is 0 Å². The molecule has 0 unspecified atom stereocenters. The molecule has 0 atom stereocenters. The van der Waals surface area contributed by atoms with Gasteiger partial charge in [0.2, 0.25) is 0 Å². The highest BCUT2D eigenvalue weighted by Gasteiger charge is 2.13. The van der Waals surface area contributed by atoms with Crippen molar-refractivity contribution in [2.75, 3.05) is 7.11 Å². The quantitative estimate of drug-likeness (QED) is 0.372. The van der Waals surface area contributed by atoms with Gasteiger partial charge in [-0.05, 0) is 12.1 Å². The molecule has 94 valence electrons. The maximum absolute atomic E-state index is 11.6. The first-order chi connectivity index (χ1) is 8.45. The van der Waals surface area contributed by atoms with Crippen LogP contribution in [0, 0.1) is 10.1 Å². The lowest BCUT2D eigenvalue weighted by atomic mass is 10.2. The number of carbonyl (C=O) groups excluding carboxylic acids is 2. The first-order valence-corrected chi connectivity index (χ1v) is 4.78. The topological polar surface area (TPSA) is 98.5 Å². The number of nitro groups is 1. The molecule has 0 aliphatic carbocycles. The summed E-state index contributed by atoms with van der Waals surface area (Å²) >= 11 is 0. The minimum absolute atomic E-state index is 0.127. The van der Waals surface area contributed by atoms with Crippen LogP contribution in [0.2, 0.25) is 0 Å². The molecule has 0 radical (unpaired) electrons. The molecular formula is C11H10N2O5. The highest BCUT2D eigenvalue weighted by atomic mass is 16.6. The molecule has 18 heavy (non-hydrogen) atoms. The summed E-state index contributed by atoms with van der Waals surface area (Å²) < 4.78 is 4.36. The van der Waals surface area contributed by atoms with E-state index in [-0.39, 0.29) is 16.9 Å². The molecule has 0 saturated carbocycles. The van der Waals surface area contributed by atoms with Crippen molar-refractivity contribution in [1.82, 2.24) is 5.32 Å². The smallest absolute Gasteiger partial charge is 0.353 e. The van der Waals surface area contributed by atoms with E-state index in [0.717, 1.165) is 7.11 Å². The number of benzene rings is 1. The Morgan fingerprint density at radius 2 is 1.89 bits per heavy atom. The Kier molecular flexibility index (Phi) is 4.14. The molecular weight excluding hydrogens is 240 g/mol. The van der Waals surface area contributed by atoms with E-state index < -0.39 is 16.8 Å². The largest absolute Gasteiger partial charge is 0.464 e. The van der Waals surface area contributed by atoms with Gasteiger partial charge in [0.15, 0.2) is 0 Å². The SMILES string of the molecule is C=C(NC(=O)c1ccc([N+](=O)[O-])cc1)C(=O)OC. The third-order valence-corrected chi connectivity index (χ3v) is 2.04. The molecule has 1 N–H and O–H groups in total. The Morgan fingerprint density at radius 3 is 2.33 bits per heavy atom. The molecule has 0 aliphatic rings. The van der Waals surface area contributed by atoms with E-state index in [2.05, 4.69) is 16.6 Å². The van der Waals surface area contributed by atoms with Crippen LogP contribution >= 0.6 is 0 Å². The number of rotatable bonds is 4. The molecule has 1 rings (SSSR count). The maximum atomic E-state index is 11.6. The van der Waals surface area contributed by atoms with Crippen molar-refractivity contribution in [3.05, 3.63) is 52.2 Å². The average molecular weight is 250 g/mol. The lowest BCUT2D eigenvalue weighted by Crippen LogP contribution is -2.27. The molecule has 0 saturated heterocycles. The molecule has 1 amide bonds. The van der Waals surface area contributed by atoms with Crippen LogP contribution in [0.15, 0.2) is 36.5 Å². The van der Waals surface area contributed by atoms with Gasteiger partial charge in [0, 0.05) is 17.7 Å². The Bertz CT molecular complexity index is 507. The predicted molar refractivity (Wildman–Crippen MR) is 61.7 cm³/mol. The zero-order valence-corrected chi connectivity index (χ0v) is 9.50. The first kappa shape index (κ1) is 13.4. The van der Waals surface area contributed by atoms with Gasteiger partial charge in [0.1, 0.15) is 5.70 Å². The summed E-state index contributed by atoms with van der Waals surface area (Å²) in [4.78, 5) is 32.4. The predicted octanol–water partition coefficient (Wildman–Crippen LogP) is 1.01. The zero-order valence-electron chi connectivity index (χ0n) is 9.50. The summed E-state index contributed by atoms with van der Waals surface area (Å²) in [5, 5.41) is 12.6. The summed E-state index contributed by atoms with van der Waals surface area (Å²) in [6.07, 6.45) is 0. The fourth-order valence-corrected chi connectivity index (χ4v) is 1.12. The second-order valence-electron chi connectivity index (χ2n) is 3.23. The summed E-state index contributed by atoms with van der Waals surface area (Å²) in [5.74, 6) is -1.36. The van der Waals surface area contributed by atoms with Gasteiger partial charge in [0.05, 0.1) is 12.0 Å². The zero-order chi connectivity index (χ0) is 13.7. The van der Waals surface area contributed by atoms with Gasteiger partial charge in [-0.25, -0.2) is 4.79 Å². The van der Waals surface area contributed by atoms with E-state index in [0.29, 0.717) is 0 Å². The van der Waals surface area contributed by atoms with Crippen molar-refractivity contribution < 1.29 is 19.2 Å². The van der Waals surface area contributed by atoms with Gasteiger partial charge in [-0.15, -0.1) is 0 Å². The van der Waals surface area contributed by atoms with Crippen LogP contribution in [0.4, 0.5) is 5.69 Å².